The minimum atomic E-state index is -1.07. The van der Waals surface area contributed by atoms with E-state index in [1.54, 1.807) is 48.5 Å². The average molecular weight is 609 g/mol. The predicted octanol–water partition coefficient (Wildman–Crippen LogP) is 9.67. The molecule has 6 aromatic carbocycles. The van der Waals surface area contributed by atoms with Crippen molar-refractivity contribution in [1.29, 1.82) is 0 Å². The smallest absolute Gasteiger partial charge is 0.336 e. The van der Waals surface area contributed by atoms with Gasteiger partial charge in [0.15, 0.2) is 0 Å². The van der Waals surface area contributed by atoms with E-state index in [1.165, 1.54) is 12.1 Å². The molecule has 46 heavy (non-hydrogen) atoms. The number of carbonyl (C=O) groups is 2. The molecule has 6 aromatic rings. The molecular formula is C36H28N6O4. The highest BCUT2D eigenvalue weighted by molar-refractivity contribution is 6.11. The quantitative estimate of drug-likeness (QED) is 0.104. The van der Waals surface area contributed by atoms with E-state index in [2.05, 4.69) is 20.5 Å². The van der Waals surface area contributed by atoms with Crippen LogP contribution in [0.15, 0.2) is 118 Å². The van der Waals surface area contributed by atoms with Crippen LogP contribution in [0.2, 0.25) is 0 Å². The third kappa shape index (κ3) is 5.50. The molecule has 0 unspecified atom stereocenters. The number of carboxylic acids is 2. The number of azo groups is 2. The van der Waals surface area contributed by atoms with E-state index in [1.807, 2.05) is 50.2 Å². The Kier molecular flexibility index (Phi) is 7.69. The Bertz CT molecular complexity index is 2120. The second-order valence-electron chi connectivity index (χ2n) is 10.8. The highest BCUT2D eigenvalue weighted by atomic mass is 16.4. The summed E-state index contributed by atoms with van der Waals surface area (Å²) < 4.78 is 0. The summed E-state index contributed by atoms with van der Waals surface area (Å²) in [5, 5.41) is 39.1. The van der Waals surface area contributed by atoms with Crippen LogP contribution in [0.5, 0.6) is 0 Å². The molecule has 0 aromatic heterocycles. The number of carboxylic acid groups (broad SMARTS) is 2. The first-order valence-electron chi connectivity index (χ1n) is 14.3. The van der Waals surface area contributed by atoms with Crippen LogP contribution >= 0.6 is 0 Å². The number of fused-ring (bicyclic) bond motifs is 2. The second-order valence-corrected chi connectivity index (χ2v) is 10.8. The van der Waals surface area contributed by atoms with Crippen LogP contribution < -0.4 is 11.5 Å². The number of rotatable bonds is 7. The van der Waals surface area contributed by atoms with Crippen LogP contribution in [-0.2, 0) is 0 Å². The zero-order valence-corrected chi connectivity index (χ0v) is 24.9. The van der Waals surface area contributed by atoms with Crippen molar-refractivity contribution in [1.82, 2.24) is 0 Å². The van der Waals surface area contributed by atoms with Crippen LogP contribution in [0.25, 0.3) is 32.7 Å². The van der Waals surface area contributed by atoms with Gasteiger partial charge < -0.3 is 21.7 Å². The topological polar surface area (TPSA) is 176 Å². The maximum absolute atomic E-state index is 11.9. The molecule has 10 heteroatoms. The SMILES string of the molecule is Cc1cc(-c2ccc(/N=N/c3cc(C(=O)O)c4ccccc4c3N)c(C)c2)ccc1/N=N/c1cc(C(=O)O)c2ccccc2c1N. The summed E-state index contributed by atoms with van der Waals surface area (Å²) >= 11 is 0. The van der Waals surface area contributed by atoms with Crippen molar-refractivity contribution in [2.75, 3.05) is 11.5 Å². The van der Waals surface area contributed by atoms with Crippen LogP contribution in [0.1, 0.15) is 31.8 Å². The summed E-state index contributed by atoms with van der Waals surface area (Å²) in [5.74, 6) is -2.14. The third-order valence-electron chi connectivity index (χ3n) is 7.85. The number of nitrogens with two attached hydrogens (primary N) is 2. The van der Waals surface area contributed by atoms with Crippen molar-refractivity contribution in [3.05, 3.63) is 119 Å². The van der Waals surface area contributed by atoms with Crippen molar-refractivity contribution in [3.8, 4) is 11.1 Å². The Morgan fingerprint density at radius 3 is 1.20 bits per heavy atom. The van der Waals surface area contributed by atoms with Gasteiger partial charge in [-0.25, -0.2) is 9.59 Å². The minimum Gasteiger partial charge on any atom is -0.478 e. The summed E-state index contributed by atoms with van der Waals surface area (Å²) in [4.78, 5) is 23.7. The van der Waals surface area contributed by atoms with E-state index in [0.717, 1.165) is 22.3 Å². The molecule has 0 bridgehead atoms. The van der Waals surface area contributed by atoms with E-state index in [4.69, 9.17) is 11.5 Å². The van der Waals surface area contributed by atoms with Crippen LogP contribution in [0, 0.1) is 13.8 Å². The lowest BCUT2D eigenvalue weighted by atomic mass is 10.00. The van der Waals surface area contributed by atoms with Gasteiger partial charge >= 0.3 is 11.9 Å². The Morgan fingerprint density at radius 1 is 0.500 bits per heavy atom. The van der Waals surface area contributed by atoms with Gasteiger partial charge in [-0.15, -0.1) is 10.2 Å². The third-order valence-corrected chi connectivity index (χ3v) is 7.85. The number of nitrogen functional groups attached to an aromatic ring is 2. The molecule has 0 spiro atoms. The number of aryl methyl sites for hydroxylation is 2. The first-order chi connectivity index (χ1) is 22.1. The summed E-state index contributed by atoms with van der Waals surface area (Å²) in [6, 6.07) is 28.5. The van der Waals surface area contributed by atoms with E-state index in [0.29, 0.717) is 44.3 Å². The predicted molar refractivity (Wildman–Crippen MR) is 180 cm³/mol. The fourth-order valence-corrected chi connectivity index (χ4v) is 5.40. The molecule has 0 amide bonds. The molecule has 0 fully saturated rings. The van der Waals surface area contributed by atoms with Gasteiger partial charge in [-0.05, 0) is 83.3 Å². The fraction of sp³-hybridized carbons (Fsp3) is 0.0556. The normalized spacial score (nSPS) is 11.6. The molecule has 0 heterocycles. The van der Waals surface area contributed by atoms with Crippen LogP contribution in [0.3, 0.4) is 0 Å². The molecule has 0 aliphatic carbocycles. The van der Waals surface area contributed by atoms with Crippen molar-refractivity contribution < 1.29 is 19.8 Å². The molecule has 0 radical (unpaired) electrons. The summed E-state index contributed by atoms with van der Waals surface area (Å²) in [6.07, 6.45) is 0. The highest BCUT2D eigenvalue weighted by Crippen LogP contribution is 2.38. The van der Waals surface area contributed by atoms with Crippen molar-refractivity contribution in [3.63, 3.8) is 0 Å². The van der Waals surface area contributed by atoms with Gasteiger partial charge in [0.1, 0.15) is 11.4 Å². The number of anilines is 2. The molecular weight excluding hydrogens is 580 g/mol. The molecule has 6 N–H and O–H groups in total. The van der Waals surface area contributed by atoms with E-state index < -0.39 is 11.9 Å². The lowest BCUT2D eigenvalue weighted by Crippen LogP contribution is -1.99. The number of aromatic carboxylic acids is 2. The lowest BCUT2D eigenvalue weighted by molar-refractivity contribution is 0.0688. The Hall–Kier alpha value is -6.42. The Morgan fingerprint density at radius 2 is 0.848 bits per heavy atom. The fourth-order valence-electron chi connectivity index (χ4n) is 5.40. The van der Waals surface area contributed by atoms with Gasteiger partial charge in [-0.1, -0.05) is 60.7 Å². The largest absolute Gasteiger partial charge is 0.478 e. The van der Waals surface area contributed by atoms with Gasteiger partial charge in [0.05, 0.1) is 33.9 Å². The second kappa shape index (κ2) is 11.9. The highest BCUT2D eigenvalue weighted by Gasteiger charge is 2.16. The van der Waals surface area contributed by atoms with E-state index in [9.17, 15) is 19.8 Å². The molecule has 0 atom stereocenters. The molecule has 0 saturated heterocycles. The van der Waals surface area contributed by atoms with Gasteiger partial charge in [0.25, 0.3) is 0 Å². The Balaban J connectivity index is 1.26. The molecule has 226 valence electrons. The van der Waals surface area contributed by atoms with Gasteiger partial charge in [-0.3, -0.25) is 0 Å². The standard InChI is InChI=1S/C36H28N6O4/c1-19-15-21(11-13-29(19)39-41-31-17-27(35(43)44)23-7-3-5-9-25(23)33(31)37)22-12-14-30(20(2)16-22)40-42-32-18-28(36(45)46)24-8-4-6-10-26(24)34(32)38/h3-18H,37-38H2,1-2H3,(H,43,44)(H,45,46)/b41-39+,42-40+. The lowest BCUT2D eigenvalue weighted by Gasteiger charge is -2.10. The van der Waals surface area contributed by atoms with Gasteiger partial charge in [-0.2, -0.15) is 10.2 Å². The first-order valence-corrected chi connectivity index (χ1v) is 14.3. The minimum absolute atomic E-state index is 0.106. The monoisotopic (exact) mass is 608 g/mol. The molecule has 0 aliphatic rings. The number of hydrogen-bond donors (Lipinski definition) is 4. The number of hydrogen-bond acceptors (Lipinski definition) is 8. The van der Waals surface area contributed by atoms with E-state index >= 15 is 0 Å². The summed E-state index contributed by atoms with van der Waals surface area (Å²) in [6.45, 7) is 3.83. The molecule has 0 aliphatic heterocycles. The van der Waals surface area contributed by atoms with Crippen molar-refractivity contribution in [2.24, 2.45) is 20.5 Å². The molecule has 0 saturated carbocycles. The number of benzene rings is 6. The zero-order chi connectivity index (χ0) is 32.5. The Labute approximate surface area is 263 Å². The van der Waals surface area contributed by atoms with E-state index in [-0.39, 0.29) is 22.5 Å². The number of nitrogens with zero attached hydrogens (tertiary/aromatic N) is 4. The average Bonchev–Trinajstić information content (AvgIpc) is 3.05. The van der Waals surface area contributed by atoms with Crippen LogP contribution in [-0.4, -0.2) is 22.2 Å². The zero-order valence-electron chi connectivity index (χ0n) is 24.9. The van der Waals surface area contributed by atoms with Crippen molar-refractivity contribution in [2.45, 2.75) is 13.8 Å². The maximum Gasteiger partial charge on any atom is 0.336 e. The van der Waals surface area contributed by atoms with Gasteiger partial charge in [0, 0.05) is 10.8 Å². The first kappa shape index (κ1) is 29.6. The van der Waals surface area contributed by atoms with Crippen LogP contribution in [0.4, 0.5) is 34.1 Å². The van der Waals surface area contributed by atoms with Crippen molar-refractivity contribution >= 4 is 67.6 Å². The maximum atomic E-state index is 11.9. The molecule has 6 rings (SSSR count). The summed E-state index contributed by atoms with van der Waals surface area (Å²) in [7, 11) is 0. The summed E-state index contributed by atoms with van der Waals surface area (Å²) in [5.41, 5.74) is 19.0. The molecule has 10 nitrogen and oxygen atoms in total. The van der Waals surface area contributed by atoms with Gasteiger partial charge in [0.2, 0.25) is 0 Å².